The zero-order chi connectivity index (χ0) is 27.4. The second-order valence-electron chi connectivity index (χ2n) is 11.0. The highest BCUT2D eigenvalue weighted by Crippen LogP contribution is 2.48. The van der Waals surface area contributed by atoms with Crippen LogP contribution in [0.2, 0.25) is 0 Å². The largest absolute Gasteiger partial charge is 0.491 e. The van der Waals surface area contributed by atoms with Gasteiger partial charge in [0, 0.05) is 5.41 Å². The number of rotatable bonds is 16. The molecule has 0 atom stereocenters. The lowest BCUT2D eigenvalue weighted by Crippen LogP contribution is -2.31. The van der Waals surface area contributed by atoms with Gasteiger partial charge in [-0.15, -0.1) is 0 Å². The van der Waals surface area contributed by atoms with Crippen LogP contribution in [0.3, 0.4) is 0 Å². The van der Waals surface area contributed by atoms with Gasteiger partial charge < -0.3 is 19.7 Å². The van der Waals surface area contributed by atoms with E-state index in [0.717, 1.165) is 75.7 Å². The molecule has 0 amide bonds. The van der Waals surface area contributed by atoms with Crippen LogP contribution in [0.4, 0.5) is 0 Å². The summed E-state index contributed by atoms with van der Waals surface area (Å²) in [5, 5.41) is 19.0. The molecule has 4 nitrogen and oxygen atoms in total. The highest BCUT2D eigenvalue weighted by atomic mass is 16.5. The monoisotopic (exact) mass is 524 g/mol. The Bertz CT molecular complexity index is 862. The minimum absolute atomic E-state index is 0.0147. The molecule has 2 N–H and O–H groups in total. The first-order chi connectivity index (χ1) is 18.6. The van der Waals surface area contributed by atoms with Crippen molar-refractivity contribution < 1.29 is 19.7 Å². The molecule has 3 rings (SSSR count). The molecule has 0 radical (unpaired) electrons. The van der Waals surface area contributed by atoms with Gasteiger partial charge in [-0.05, 0) is 71.9 Å². The summed E-state index contributed by atoms with van der Waals surface area (Å²) in [6, 6.07) is 9.76. The Labute approximate surface area is 231 Å². The lowest BCUT2D eigenvalue weighted by molar-refractivity contribution is 0.199. The summed E-state index contributed by atoms with van der Waals surface area (Å²) in [5.41, 5.74) is 8.02. The topological polar surface area (TPSA) is 58.9 Å². The van der Waals surface area contributed by atoms with Gasteiger partial charge in [-0.3, -0.25) is 0 Å². The minimum atomic E-state index is -0.0147. The van der Waals surface area contributed by atoms with Crippen molar-refractivity contribution >= 4 is 0 Å². The normalized spacial score (nSPS) is 15.0. The van der Waals surface area contributed by atoms with Crippen LogP contribution in [0.15, 0.2) is 24.3 Å². The van der Waals surface area contributed by atoms with Crippen molar-refractivity contribution in [1.82, 2.24) is 0 Å². The first kappa shape index (κ1) is 30.5. The summed E-state index contributed by atoms with van der Waals surface area (Å²) < 4.78 is 12.3. The number of hydrogen-bond acceptors (Lipinski definition) is 4. The fourth-order valence-electron chi connectivity index (χ4n) is 6.45. The molecule has 0 unspecified atom stereocenters. The maximum atomic E-state index is 9.48. The van der Waals surface area contributed by atoms with Gasteiger partial charge in [0.25, 0.3) is 0 Å². The lowest BCUT2D eigenvalue weighted by Gasteiger charge is -2.40. The molecule has 1 aliphatic rings. The summed E-state index contributed by atoms with van der Waals surface area (Å²) in [6.45, 7) is 9.69. The molecule has 0 aliphatic heterocycles. The fourth-order valence-corrected chi connectivity index (χ4v) is 6.45. The van der Waals surface area contributed by atoms with Crippen molar-refractivity contribution in [2.24, 2.45) is 0 Å². The average Bonchev–Trinajstić information content (AvgIpc) is 2.93. The summed E-state index contributed by atoms with van der Waals surface area (Å²) in [5.74, 6) is 2.01. The van der Waals surface area contributed by atoms with Crippen LogP contribution in [0, 0.1) is 0 Å². The van der Waals surface area contributed by atoms with Crippen molar-refractivity contribution in [3.05, 3.63) is 57.6 Å². The van der Waals surface area contributed by atoms with E-state index in [1.807, 2.05) is 0 Å². The molecule has 38 heavy (non-hydrogen) atoms. The number of ether oxygens (including phenoxy) is 2. The predicted molar refractivity (Wildman–Crippen MR) is 158 cm³/mol. The van der Waals surface area contributed by atoms with Gasteiger partial charge in [0.15, 0.2) is 0 Å². The number of aliphatic hydroxyl groups is 2. The van der Waals surface area contributed by atoms with Crippen LogP contribution in [-0.4, -0.2) is 36.6 Å². The van der Waals surface area contributed by atoms with Gasteiger partial charge in [0.05, 0.1) is 13.2 Å². The van der Waals surface area contributed by atoms with E-state index in [1.54, 1.807) is 0 Å². The molecular weight excluding hydrogens is 472 g/mol. The molecular formula is C34H52O4. The number of hydrogen-bond donors (Lipinski definition) is 2. The smallest absolute Gasteiger partial charge is 0.125 e. The Balaban J connectivity index is 2.25. The van der Waals surface area contributed by atoms with E-state index < -0.39 is 0 Å². The SMILES string of the molecule is CCCc1cc(C2(c3cc(CCC)c(OCCO)c(CCC)c3)CCCCC2)cc(CCC)c1OCCO. The van der Waals surface area contributed by atoms with Crippen molar-refractivity contribution in [1.29, 1.82) is 0 Å². The number of aryl methyl sites for hydroxylation is 4. The summed E-state index contributed by atoms with van der Waals surface area (Å²) in [7, 11) is 0. The Morgan fingerprint density at radius 2 is 0.921 bits per heavy atom. The molecule has 0 saturated heterocycles. The van der Waals surface area contributed by atoms with Crippen molar-refractivity contribution in [2.45, 2.75) is 117 Å². The van der Waals surface area contributed by atoms with Crippen LogP contribution in [0.1, 0.15) is 119 Å². The van der Waals surface area contributed by atoms with E-state index >= 15 is 0 Å². The third-order valence-electron chi connectivity index (χ3n) is 8.05. The van der Waals surface area contributed by atoms with Gasteiger partial charge in [0.2, 0.25) is 0 Å². The molecule has 2 aromatic carbocycles. The molecule has 0 aromatic heterocycles. The molecule has 1 fully saturated rings. The highest BCUT2D eigenvalue weighted by Gasteiger charge is 2.37. The van der Waals surface area contributed by atoms with Crippen LogP contribution in [0.25, 0.3) is 0 Å². The van der Waals surface area contributed by atoms with Crippen molar-refractivity contribution in [3.63, 3.8) is 0 Å². The van der Waals surface area contributed by atoms with E-state index in [9.17, 15) is 10.2 Å². The molecule has 212 valence electrons. The minimum Gasteiger partial charge on any atom is -0.491 e. The van der Waals surface area contributed by atoms with Gasteiger partial charge in [0.1, 0.15) is 24.7 Å². The molecule has 4 heteroatoms. The van der Waals surface area contributed by atoms with Crippen LogP contribution in [-0.2, 0) is 31.1 Å². The highest BCUT2D eigenvalue weighted by molar-refractivity contribution is 5.54. The van der Waals surface area contributed by atoms with E-state index in [2.05, 4.69) is 52.0 Å². The van der Waals surface area contributed by atoms with Crippen LogP contribution >= 0.6 is 0 Å². The predicted octanol–water partition coefficient (Wildman–Crippen LogP) is 7.49. The average molecular weight is 525 g/mol. The lowest BCUT2D eigenvalue weighted by atomic mass is 9.64. The standard InChI is InChI=1S/C34H52O4/c1-5-12-26-22-30(23-27(13-6-2)32(26)37-20-18-35)34(16-10-9-11-17-34)31-24-28(14-7-3)33(38-21-19-36)29(25-31)15-8-4/h22-25,35-36H,5-21H2,1-4H3. The van der Waals surface area contributed by atoms with E-state index in [0.29, 0.717) is 13.2 Å². The molecule has 2 aromatic rings. The fraction of sp³-hybridized carbons (Fsp3) is 0.647. The second-order valence-corrected chi connectivity index (χ2v) is 11.0. The molecule has 0 heterocycles. The zero-order valence-corrected chi connectivity index (χ0v) is 24.5. The summed E-state index contributed by atoms with van der Waals surface area (Å²) >= 11 is 0. The summed E-state index contributed by atoms with van der Waals surface area (Å²) in [4.78, 5) is 0. The number of aliphatic hydroxyl groups excluding tert-OH is 2. The molecule has 0 spiro atoms. The van der Waals surface area contributed by atoms with Gasteiger partial charge in [-0.1, -0.05) is 96.9 Å². The van der Waals surface area contributed by atoms with E-state index in [4.69, 9.17) is 9.47 Å². The Hall–Kier alpha value is -2.04. The van der Waals surface area contributed by atoms with Crippen LogP contribution in [0.5, 0.6) is 11.5 Å². The Kier molecular flexibility index (Phi) is 12.5. The maximum absolute atomic E-state index is 9.48. The first-order valence-electron chi connectivity index (χ1n) is 15.4. The number of benzene rings is 2. The van der Waals surface area contributed by atoms with Crippen molar-refractivity contribution in [2.75, 3.05) is 26.4 Å². The second kappa shape index (κ2) is 15.5. The quantitative estimate of drug-likeness (QED) is 0.239. The van der Waals surface area contributed by atoms with Crippen molar-refractivity contribution in [3.8, 4) is 11.5 Å². The first-order valence-corrected chi connectivity index (χ1v) is 15.4. The summed E-state index contributed by atoms with van der Waals surface area (Å²) in [6.07, 6.45) is 14.3. The maximum Gasteiger partial charge on any atom is 0.125 e. The van der Waals surface area contributed by atoms with Crippen LogP contribution < -0.4 is 9.47 Å². The van der Waals surface area contributed by atoms with Gasteiger partial charge in [-0.2, -0.15) is 0 Å². The van der Waals surface area contributed by atoms with E-state index in [1.165, 1.54) is 52.6 Å². The molecule has 1 aliphatic carbocycles. The molecule has 0 bridgehead atoms. The zero-order valence-electron chi connectivity index (χ0n) is 24.5. The third-order valence-corrected chi connectivity index (χ3v) is 8.05. The molecule has 1 saturated carbocycles. The van der Waals surface area contributed by atoms with Gasteiger partial charge in [-0.25, -0.2) is 0 Å². The Morgan fingerprint density at radius 1 is 0.579 bits per heavy atom. The van der Waals surface area contributed by atoms with E-state index in [-0.39, 0.29) is 18.6 Å². The Morgan fingerprint density at radius 3 is 1.21 bits per heavy atom. The third kappa shape index (κ3) is 7.12. The van der Waals surface area contributed by atoms with Gasteiger partial charge >= 0.3 is 0 Å².